The number of hydrogen-bond acceptors (Lipinski definition) is 4. The molecule has 0 aromatic heterocycles. The Hall–Kier alpha value is -0.160. The molecule has 0 saturated carbocycles. The maximum absolute atomic E-state index is 9.21. The Bertz CT molecular complexity index is 140. The highest BCUT2D eigenvalue weighted by molar-refractivity contribution is 4.63. The molecule has 0 heterocycles. The van der Waals surface area contributed by atoms with Gasteiger partial charge in [0.2, 0.25) is 0 Å². The van der Waals surface area contributed by atoms with E-state index in [1.807, 2.05) is 33.0 Å². The van der Waals surface area contributed by atoms with E-state index in [-0.39, 0.29) is 12.3 Å². The van der Waals surface area contributed by atoms with E-state index in [0.29, 0.717) is 13.2 Å². The fourth-order valence-corrected chi connectivity index (χ4v) is 1.35. The van der Waals surface area contributed by atoms with Crippen LogP contribution in [0, 0.1) is 0 Å². The van der Waals surface area contributed by atoms with E-state index in [1.165, 1.54) is 0 Å². The summed E-state index contributed by atoms with van der Waals surface area (Å²) < 4.78 is 5.56. The van der Waals surface area contributed by atoms with Gasteiger partial charge in [0.05, 0.1) is 6.10 Å². The number of aliphatic hydroxyl groups excluding tert-OH is 1. The minimum atomic E-state index is -0.288. The van der Waals surface area contributed by atoms with Gasteiger partial charge in [-0.05, 0) is 35.0 Å². The molecule has 0 spiro atoms. The van der Waals surface area contributed by atoms with Crippen molar-refractivity contribution in [3.05, 3.63) is 0 Å². The van der Waals surface area contributed by atoms with Gasteiger partial charge in [-0.15, -0.1) is 0 Å². The van der Waals surface area contributed by atoms with Gasteiger partial charge in [0, 0.05) is 19.7 Å². The van der Waals surface area contributed by atoms with E-state index in [1.54, 1.807) is 6.92 Å². The first-order chi connectivity index (χ1) is 6.47. The molecule has 0 bridgehead atoms. The largest absolute Gasteiger partial charge is 0.392 e. The van der Waals surface area contributed by atoms with Crippen molar-refractivity contribution >= 4 is 0 Å². The minimum absolute atomic E-state index is 0.101. The van der Waals surface area contributed by atoms with Crippen molar-refractivity contribution in [2.24, 2.45) is 0 Å². The molecule has 0 aromatic carbocycles. The van der Waals surface area contributed by atoms with Gasteiger partial charge in [-0.1, -0.05) is 0 Å². The molecule has 2 unspecified atom stereocenters. The van der Waals surface area contributed by atoms with Crippen molar-refractivity contribution in [1.82, 2.24) is 9.80 Å². The van der Waals surface area contributed by atoms with Crippen LogP contribution in [-0.4, -0.2) is 68.1 Å². The summed E-state index contributed by atoms with van der Waals surface area (Å²) in [6.07, 6.45) is -0.187. The van der Waals surface area contributed by atoms with Gasteiger partial charge in [-0.25, -0.2) is 0 Å². The Morgan fingerprint density at radius 1 is 1.21 bits per heavy atom. The second kappa shape index (κ2) is 7.17. The maximum Gasteiger partial charge on any atom is 0.122 e. The molecule has 0 aromatic rings. The summed E-state index contributed by atoms with van der Waals surface area (Å²) in [4.78, 5) is 4.12. The second-order valence-electron chi connectivity index (χ2n) is 3.94. The van der Waals surface area contributed by atoms with Gasteiger partial charge in [0.15, 0.2) is 0 Å². The number of aliphatic hydroxyl groups is 1. The normalized spacial score (nSPS) is 16.3. The zero-order valence-electron chi connectivity index (χ0n) is 10.0. The zero-order chi connectivity index (χ0) is 11.1. The lowest BCUT2D eigenvalue weighted by Gasteiger charge is -2.29. The third kappa shape index (κ3) is 6.32. The molecule has 86 valence electrons. The average molecular weight is 204 g/mol. The Balaban J connectivity index is 3.89. The molecular formula is C10H24N2O2. The van der Waals surface area contributed by atoms with Crippen LogP contribution >= 0.6 is 0 Å². The Labute approximate surface area is 87.5 Å². The van der Waals surface area contributed by atoms with Crippen LogP contribution < -0.4 is 0 Å². The van der Waals surface area contributed by atoms with Crippen LogP contribution in [0.25, 0.3) is 0 Å². The van der Waals surface area contributed by atoms with Crippen molar-refractivity contribution in [2.45, 2.75) is 26.2 Å². The number of nitrogens with zero attached hydrogens (tertiary/aromatic N) is 2. The lowest BCUT2D eigenvalue weighted by molar-refractivity contribution is -0.0496. The summed E-state index contributed by atoms with van der Waals surface area (Å²) in [7, 11) is 5.98. The molecule has 4 nitrogen and oxygen atoms in total. The lowest BCUT2D eigenvalue weighted by atomic mass is 10.3. The molecular weight excluding hydrogens is 180 g/mol. The average Bonchev–Trinajstić information content (AvgIpc) is 2.01. The first-order valence-corrected chi connectivity index (χ1v) is 5.12. The van der Waals surface area contributed by atoms with Crippen molar-refractivity contribution in [3.8, 4) is 0 Å². The number of likely N-dealkylation sites (N-methyl/N-ethyl adjacent to an activating group) is 2. The van der Waals surface area contributed by atoms with Crippen molar-refractivity contribution < 1.29 is 9.84 Å². The van der Waals surface area contributed by atoms with E-state index < -0.39 is 0 Å². The molecule has 0 aliphatic rings. The number of ether oxygens (including phenoxy) is 1. The maximum atomic E-state index is 9.21. The molecule has 0 amide bonds. The van der Waals surface area contributed by atoms with Crippen LogP contribution in [-0.2, 0) is 4.74 Å². The van der Waals surface area contributed by atoms with Crippen molar-refractivity contribution in [1.29, 1.82) is 0 Å². The molecule has 1 N–H and O–H groups in total. The predicted octanol–water partition coefficient (Wildman–Crippen LogP) is 0.223. The van der Waals surface area contributed by atoms with E-state index >= 15 is 0 Å². The van der Waals surface area contributed by atoms with Gasteiger partial charge < -0.3 is 9.84 Å². The van der Waals surface area contributed by atoms with Crippen LogP contribution in [0.1, 0.15) is 13.8 Å². The molecule has 0 saturated heterocycles. The van der Waals surface area contributed by atoms with Crippen molar-refractivity contribution in [2.75, 3.05) is 40.8 Å². The summed E-state index contributed by atoms with van der Waals surface area (Å²) in [6, 6.07) is 0. The fourth-order valence-electron chi connectivity index (χ4n) is 1.35. The molecule has 2 atom stereocenters. The van der Waals surface area contributed by atoms with Gasteiger partial charge in [-0.3, -0.25) is 9.80 Å². The smallest absolute Gasteiger partial charge is 0.122 e. The van der Waals surface area contributed by atoms with Crippen LogP contribution in [0.5, 0.6) is 0 Å². The molecule has 14 heavy (non-hydrogen) atoms. The fraction of sp³-hybridized carbons (Fsp3) is 1.00. The highest BCUT2D eigenvalue weighted by Gasteiger charge is 2.14. The SMILES string of the molecule is CCOC(CN(C)CC(C)O)N(C)C. The van der Waals surface area contributed by atoms with Crippen LogP contribution in [0.15, 0.2) is 0 Å². The zero-order valence-corrected chi connectivity index (χ0v) is 10.0. The highest BCUT2D eigenvalue weighted by Crippen LogP contribution is 1.99. The topological polar surface area (TPSA) is 35.9 Å². The first-order valence-electron chi connectivity index (χ1n) is 5.12. The molecule has 4 heteroatoms. The Kier molecular flexibility index (Phi) is 7.09. The van der Waals surface area contributed by atoms with Crippen LogP contribution in [0.2, 0.25) is 0 Å². The first kappa shape index (κ1) is 13.8. The summed E-state index contributed by atoms with van der Waals surface area (Å²) in [6.45, 7) is 5.99. The summed E-state index contributed by atoms with van der Waals surface area (Å²) in [5.41, 5.74) is 0. The third-order valence-electron chi connectivity index (χ3n) is 1.98. The highest BCUT2D eigenvalue weighted by atomic mass is 16.5. The standard InChI is InChI=1S/C10H24N2O2/c1-6-14-10(11(3)4)8-12(5)7-9(2)13/h9-10,13H,6-8H2,1-5H3. The third-order valence-corrected chi connectivity index (χ3v) is 1.98. The van der Waals surface area contributed by atoms with E-state index in [2.05, 4.69) is 4.90 Å². The van der Waals surface area contributed by atoms with E-state index in [0.717, 1.165) is 6.54 Å². The van der Waals surface area contributed by atoms with Crippen LogP contribution in [0.4, 0.5) is 0 Å². The molecule has 0 fully saturated rings. The van der Waals surface area contributed by atoms with E-state index in [4.69, 9.17) is 4.74 Å². The van der Waals surface area contributed by atoms with Crippen molar-refractivity contribution in [3.63, 3.8) is 0 Å². The quantitative estimate of drug-likeness (QED) is 0.602. The molecule has 0 aliphatic carbocycles. The molecule has 0 radical (unpaired) electrons. The number of hydrogen-bond donors (Lipinski definition) is 1. The van der Waals surface area contributed by atoms with Crippen LogP contribution in [0.3, 0.4) is 0 Å². The lowest BCUT2D eigenvalue weighted by Crippen LogP contribution is -2.42. The Morgan fingerprint density at radius 2 is 1.79 bits per heavy atom. The van der Waals surface area contributed by atoms with Gasteiger partial charge >= 0.3 is 0 Å². The minimum Gasteiger partial charge on any atom is -0.392 e. The van der Waals surface area contributed by atoms with Gasteiger partial charge in [0.1, 0.15) is 6.23 Å². The summed E-state index contributed by atoms with van der Waals surface area (Å²) in [5.74, 6) is 0. The second-order valence-corrected chi connectivity index (χ2v) is 3.94. The van der Waals surface area contributed by atoms with Gasteiger partial charge in [0.25, 0.3) is 0 Å². The Morgan fingerprint density at radius 3 is 2.14 bits per heavy atom. The summed E-state index contributed by atoms with van der Waals surface area (Å²) >= 11 is 0. The monoisotopic (exact) mass is 204 g/mol. The number of rotatable bonds is 7. The molecule has 0 rings (SSSR count). The molecule has 0 aliphatic heterocycles. The van der Waals surface area contributed by atoms with Gasteiger partial charge in [-0.2, -0.15) is 0 Å². The summed E-state index contributed by atoms with van der Waals surface area (Å²) in [5, 5.41) is 9.21. The predicted molar refractivity (Wildman–Crippen MR) is 58.3 cm³/mol. The van der Waals surface area contributed by atoms with E-state index in [9.17, 15) is 5.11 Å².